The summed E-state index contributed by atoms with van der Waals surface area (Å²) < 4.78 is 0. The van der Waals surface area contributed by atoms with Gasteiger partial charge in [-0.2, -0.15) is 0 Å². The number of aryl methyl sites for hydroxylation is 1. The first-order valence-corrected chi connectivity index (χ1v) is 7.88. The van der Waals surface area contributed by atoms with Gasteiger partial charge in [-0.15, -0.1) is 0 Å². The fourth-order valence-corrected chi connectivity index (χ4v) is 2.62. The van der Waals surface area contributed by atoms with Crippen LogP contribution in [-0.4, -0.2) is 22.3 Å². The number of halogens is 1. The molecule has 2 atom stereocenters. The van der Waals surface area contributed by atoms with Crippen LogP contribution in [0.15, 0.2) is 30.3 Å². The van der Waals surface area contributed by atoms with Crippen LogP contribution in [0.4, 0.5) is 0 Å². The number of nitrogens with one attached hydrogen (secondary N) is 1. The highest BCUT2D eigenvalue weighted by Gasteiger charge is 2.17. The topological polar surface area (TPSA) is 42.0 Å². The van der Waals surface area contributed by atoms with Gasteiger partial charge in [-0.05, 0) is 31.9 Å². The van der Waals surface area contributed by atoms with E-state index >= 15 is 0 Å². The second-order valence-electron chi connectivity index (χ2n) is 5.22. The highest BCUT2D eigenvalue weighted by atomic mass is 79.9. The van der Waals surface area contributed by atoms with Crippen molar-refractivity contribution in [3.05, 3.63) is 41.6 Å². The largest absolute Gasteiger partial charge is 0.349 e. The molecule has 1 N–H and O–H groups in total. The Hall–Kier alpha value is -1.42. The molecule has 2 aromatic rings. The van der Waals surface area contributed by atoms with Crippen LogP contribution in [0.5, 0.6) is 0 Å². The van der Waals surface area contributed by atoms with Gasteiger partial charge in [-0.3, -0.25) is 9.78 Å². The van der Waals surface area contributed by atoms with Crippen molar-refractivity contribution < 1.29 is 4.79 Å². The second-order valence-corrected chi connectivity index (χ2v) is 5.87. The quantitative estimate of drug-likeness (QED) is 0.866. The number of nitrogens with zero attached hydrogens (tertiary/aromatic N) is 1. The third-order valence-electron chi connectivity index (χ3n) is 3.54. The van der Waals surface area contributed by atoms with Crippen molar-refractivity contribution in [3.8, 4) is 0 Å². The zero-order valence-corrected chi connectivity index (χ0v) is 13.6. The fraction of sp³-hybridized carbons (Fsp3) is 0.375. The van der Waals surface area contributed by atoms with Gasteiger partial charge in [-0.25, -0.2) is 0 Å². The predicted molar refractivity (Wildman–Crippen MR) is 86.4 cm³/mol. The van der Waals surface area contributed by atoms with Gasteiger partial charge in [0, 0.05) is 22.5 Å². The number of aromatic nitrogens is 1. The minimum atomic E-state index is -0.0352. The summed E-state index contributed by atoms with van der Waals surface area (Å²) in [5, 5.41) is 4.83. The lowest BCUT2D eigenvalue weighted by molar-refractivity contribution is 0.0932. The molecule has 2 unspecified atom stereocenters. The number of rotatable bonds is 4. The molecule has 0 aliphatic rings. The summed E-state index contributed by atoms with van der Waals surface area (Å²) >= 11 is 3.45. The van der Waals surface area contributed by atoms with E-state index in [1.807, 2.05) is 44.2 Å². The lowest BCUT2D eigenvalue weighted by Crippen LogP contribution is -2.37. The molecule has 0 saturated carbocycles. The molecule has 1 heterocycles. The Balaban J connectivity index is 2.35. The van der Waals surface area contributed by atoms with Crippen LogP contribution >= 0.6 is 15.9 Å². The Labute approximate surface area is 127 Å². The average molecular weight is 335 g/mol. The summed E-state index contributed by atoms with van der Waals surface area (Å²) in [6.07, 6.45) is 0. The van der Waals surface area contributed by atoms with E-state index in [2.05, 4.69) is 33.2 Å². The predicted octanol–water partition coefficient (Wildman–Crippen LogP) is 3.69. The smallest absolute Gasteiger partial charge is 0.252 e. The molecular formula is C16H19BrN2O. The highest BCUT2D eigenvalue weighted by molar-refractivity contribution is 9.09. The summed E-state index contributed by atoms with van der Waals surface area (Å²) in [7, 11) is 0. The molecule has 20 heavy (non-hydrogen) atoms. The van der Waals surface area contributed by atoms with Gasteiger partial charge in [0.25, 0.3) is 5.91 Å². The molecule has 0 radical (unpaired) electrons. The minimum absolute atomic E-state index is 0.0352. The maximum absolute atomic E-state index is 12.5. The van der Waals surface area contributed by atoms with Crippen molar-refractivity contribution >= 4 is 32.7 Å². The summed E-state index contributed by atoms with van der Waals surface area (Å²) in [6.45, 7) is 6.05. The molecule has 1 aromatic heterocycles. The fourth-order valence-electron chi connectivity index (χ4n) is 2.06. The second kappa shape index (κ2) is 6.35. The van der Waals surface area contributed by atoms with E-state index in [0.29, 0.717) is 11.5 Å². The molecule has 0 aliphatic heterocycles. The van der Waals surface area contributed by atoms with E-state index in [0.717, 1.165) is 21.9 Å². The van der Waals surface area contributed by atoms with Gasteiger partial charge >= 0.3 is 0 Å². The Morgan fingerprint density at radius 3 is 2.75 bits per heavy atom. The molecule has 0 fully saturated rings. The molecule has 1 aromatic carbocycles. The van der Waals surface area contributed by atoms with E-state index in [1.54, 1.807) is 0 Å². The molecule has 1 amide bonds. The number of amides is 1. The highest BCUT2D eigenvalue weighted by Crippen LogP contribution is 2.18. The zero-order chi connectivity index (χ0) is 14.7. The Kier molecular flexibility index (Phi) is 4.76. The number of carbonyl (C=O) groups is 1. The van der Waals surface area contributed by atoms with Crippen molar-refractivity contribution in [1.82, 2.24) is 10.3 Å². The molecule has 106 valence electrons. The maximum Gasteiger partial charge on any atom is 0.252 e. The number of alkyl halides is 1. The van der Waals surface area contributed by atoms with E-state index in [4.69, 9.17) is 0 Å². The van der Waals surface area contributed by atoms with Crippen LogP contribution < -0.4 is 5.32 Å². The maximum atomic E-state index is 12.5. The first kappa shape index (κ1) is 15.0. The van der Waals surface area contributed by atoms with Gasteiger partial charge in [0.1, 0.15) is 0 Å². The lowest BCUT2D eigenvalue weighted by Gasteiger charge is -2.19. The van der Waals surface area contributed by atoms with E-state index in [-0.39, 0.29) is 11.9 Å². The summed E-state index contributed by atoms with van der Waals surface area (Å²) in [5.41, 5.74) is 2.41. The van der Waals surface area contributed by atoms with Crippen molar-refractivity contribution in [1.29, 1.82) is 0 Å². The standard InChI is InChI=1S/C16H19BrN2O/c1-10(9-17)12(3)19-16(20)14-8-11(2)18-15-7-5-4-6-13(14)15/h4-8,10,12H,9H2,1-3H3,(H,19,20). The van der Waals surface area contributed by atoms with Crippen LogP contribution in [0, 0.1) is 12.8 Å². The van der Waals surface area contributed by atoms with E-state index in [9.17, 15) is 4.79 Å². The molecule has 3 nitrogen and oxygen atoms in total. The number of hydrogen-bond donors (Lipinski definition) is 1. The average Bonchev–Trinajstić information content (AvgIpc) is 2.45. The van der Waals surface area contributed by atoms with Crippen LogP contribution in [0.1, 0.15) is 29.9 Å². The molecular weight excluding hydrogens is 316 g/mol. The molecule has 0 spiro atoms. The Morgan fingerprint density at radius 2 is 2.05 bits per heavy atom. The molecule has 4 heteroatoms. The van der Waals surface area contributed by atoms with Crippen molar-refractivity contribution in [3.63, 3.8) is 0 Å². The van der Waals surface area contributed by atoms with E-state index in [1.165, 1.54) is 0 Å². The summed E-state index contributed by atoms with van der Waals surface area (Å²) in [4.78, 5) is 16.9. The Morgan fingerprint density at radius 1 is 1.35 bits per heavy atom. The van der Waals surface area contributed by atoms with Crippen LogP contribution in [-0.2, 0) is 0 Å². The number of fused-ring (bicyclic) bond motifs is 1. The normalized spacial score (nSPS) is 14.0. The first-order chi connectivity index (χ1) is 9.52. The van der Waals surface area contributed by atoms with Crippen LogP contribution in [0.2, 0.25) is 0 Å². The first-order valence-electron chi connectivity index (χ1n) is 6.76. The Bertz CT molecular complexity index is 627. The van der Waals surface area contributed by atoms with Gasteiger partial charge < -0.3 is 5.32 Å². The number of benzene rings is 1. The number of pyridine rings is 1. The van der Waals surface area contributed by atoms with E-state index < -0.39 is 0 Å². The molecule has 0 saturated heterocycles. The number of carbonyl (C=O) groups excluding carboxylic acids is 1. The zero-order valence-electron chi connectivity index (χ0n) is 12.0. The van der Waals surface area contributed by atoms with Crippen molar-refractivity contribution in [2.45, 2.75) is 26.8 Å². The van der Waals surface area contributed by atoms with Crippen LogP contribution in [0.25, 0.3) is 10.9 Å². The third kappa shape index (κ3) is 3.18. The van der Waals surface area contributed by atoms with Gasteiger partial charge in [0.05, 0.1) is 11.1 Å². The summed E-state index contributed by atoms with van der Waals surface area (Å²) in [5.74, 6) is 0.347. The summed E-state index contributed by atoms with van der Waals surface area (Å²) in [6, 6.07) is 9.71. The van der Waals surface area contributed by atoms with Crippen molar-refractivity contribution in [2.24, 2.45) is 5.92 Å². The SMILES string of the molecule is Cc1cc(C(=O)NC(C)C(C)CBr)c2ccccc2n1. The third-order valence-corrected chi connectivity index (χ3v) is 4.57. The van der Waals surface area contributed by atoms with Gasteiger partial charge in [0.15, 0.2) is 0 Å². The number of hydrogen-bond acceptors (Lipinski definition) is 2. The monoisotopic (exact) mass is 334 g/mol. The van der Waals surface area contributed by atoms with Gasteiger partial charge in [-0.1, -0.05) is 41.1 Å². The number of para-hydroxylation sites is 1. The molecule has 0 aliphatic carbocycles. The minimum Gasteiger partial charge on any atom is -0.349 e. The lowest BCUT2D eigenvalue weighted by atomic mass is 10.0. The van der Waals surface area contributed by atoms with Crippen LogP contribution in [0.3, 0.4) is 0 Å². The molecule has 0 bridgehead atoms. The van der Waals surface area contributed by atoms with Crippen molar-refractivity contribution in [2.75, 3.05) is 5.33 Å². The molecule has 2 rings (SSSR count). The van der Waals surface area contributed by atoms with Gasteiger partial charge in [0.2, 0.25) is 0 Å².